The third-order valence-electron chi connectivity index (χ3n) is 4.01. The van der Waals surface area contributed by atoms with Gasteiger partial charge < -0.3 is 4.98 Å². The number of primary sulfonamides is 1. The van der Waals surface area contributed by atoms with Gasteiger partial charge in [-0.25, -0.2) is 13.6 Å². The fourth-order valence-electron chi connectivity index (χ4n) is 2.95. The molecule has 0 bridgehead atoms. The van der Waals surface area contributed by atoms with Crippen LogP contribution in [-0.2, 0) is 10.0 Å². The van der Waals surface area contributed by atoms with Crippen molar-refractivity contribution in [2.24, 2.45) is 5.14 Å². The van der Waals surface area contributed by atoms with E-state index in [2.05, 4.69) is 17.1 Å². The van der Waals surface area contributed by atoms with Crippen LogP contribution >= 0.6 is 0 Å². The van der Waals surface area contributed by atoms with Gasteiger partial charge >= 0.3 is 0 Å². The molecule has 1 aromatic heterocycles. The highest BCUT2D eigenvalue weighted by Crippen LogP contribution is 2.33. The minimum Gasteiger partial charge on any atom is -0.354 e. The van der Waals surface area contributed by atoms with Gasteiger partial charge in [-0.3, -0.25) is 0 Å². The van der Waals surface area contributed by atoms with Crippen LogP contribution in [0.3, 0.4) is 0 Å². The van der Waals surface area contributed by atoms with E-state index in [0.29, 0.717) is 0 Å². The van der Waals surface area contributed by atoms with Gasteiger partial charge in [0.25, 0.3) is 0 Å². The monoisotopic (exact) mass is 322 g/mol. The minimum atomic E-state index is -3.72. The zero-order valence-electron chi connectivity index (χ0n) is 12.2. The first-order chi connectivity index (χ1) is 11.0. The zero-order chi connectivity index (χ0) is 16.0. The predicted molar refractivity (Wildman–Crippen MR) is 92.6 cm³/mol. The zero-order valence-corrected chi connectivity index (χ0v) is 13.0. The van der Waals surface area contributed by atoms with Crippen molar-refractivity contribution >= 4 is 31.8 Å². The van der Waals surface area contributed by atoms with Gasteiger partial charge in [0.15, 0.2) is 0 Å². The van der Waals surface area contributed by atoms with Crippen LogP contribution in [0.4, 0.5) is 0 Å². The molecule has 1 heterocycles. The van der Waals surface area contributed by atoms with Gasteiger partial charge in [0.1, 0.15) is 0 Å². The van der Waals surface area contributed by atoms with Crippen molar-refractivity contribution in [1.82, 2.24) is 4.98 Å². The molecule has 0 aliphatic heterocycles. The standard InChI is InChI=1S/C18H14N2O2S/c19-23(21,22)13-6-3-5-12(11-13)14-8-4-9-16-15-7-1-2-10-17(15)20-18(14)16/h1-11,20H,(H2,19,21,22). The Morgan fingerprint density at radius 3 is 2.39 bits per heavy atom. The molecule has 3 N–H and O–H groups in total. The fraction of sp³-hybridized carbons (Fsp3) is 0. The summed E-state index contributed by atoms with van der Waals surface area (Å²) in [4.78, 5) is 3.54. The minimum absolute atomic E-state index is 0.114. The topological polar surface area (TPSA) is 76.0 Å². The van der Waals surface area contributed by atoms with E-state index in [1.807, 2.05) is 36.4 Å². The van der Waals surface area contributed by atoms with Crippen molar-refractivity contribution in [2.75, 3.05) is 0 Å². The van der Waals surface area contributed by atoms with E-state index < -0.39 is 10.0 Å². The van der Waals surface area contributed by atoms with Crippen molar-refractivity contribution in [3.8, 4) is 11.1 Å². The highest BCUT2D eigenvalue weighted by atomic mass is 32.2. The normalized spacial score (nSPS) is 12.0. The summed E-state index contributed by atoms with van der Waals surface area (Å²) in [6.45, 7) is 0. The number of para-hydroxylation sites is 2. The molecule has 0 saturated carbocycles. The lowest BCUT2D eigenvalue weighted by atomic mass is 10.0. The quantitative estimate of drug-likeness (QED) is 0.591. The first-order valence-electron chi connectivity index (χ1n) is 7.17. The first kappa shape index (κ1) is 14.0. The van der Waals surface area contributed by atoms with E-state index in [0.717, 1.165) is 32.9 Å². The second kappa shape index (κ2) is 4.94. The highest BCUT2D eigenvalue weighted by Gasteiger charge is 2.12. The number of benzene rings is 3. The third-order valence-corrected chi connectivity index (χ3v) is 4.93. The number of sulfonamides is 1. The van der Waals surface area contributed by atoms with E-state index in [4.69, 9.17) is 5.14 Å². The number of nitrogens with one attached hydrogen (secondary N) is 1. The molecule has 23 heavy (non-hydrogen) atoms. The molecule has 0 fully saturated rings. The molecule has 0 aliphatic rings. The first-order valence-corrected chi connectivity index (χ1v) is 8.71. The van der Waals surface area contributed by atoms with E-state index in [9.17, 15) is 8.42 Å². The molecule has 114 valence electrons. The average molecular weight is 322 g/mol. The number of fused-ring (bicyclic) bond motifs is 3. The molecule has 0 amide bonds. The van der Waals surface area contributed by atoms with Crippen LogP contribution in [0.15, 0.2) is 71.6 Å². The summed E-state index contributed by atoms with van der Waals surface area (Å²) < 4.78 is 23.2. The molecular weight excluding hydrogens is 308 g/mol. The molecule has 5 heteroatoms. The van der Waals surface area contributed by atoms with Gasteiger partial charge in [-0.05, 0) is 23.8 Å². The van der Waals surface area contributed by atoms with Gasteiger partial charge in [0.05, 0.1) is 10.4 Å². The second-order valence-corrected chi connectivity index (χ2v) is 7.03. The Labute approximate surface area is 133 Å². The maximum atomic E-state index is 11.6. The van der Waals surface area contributed by atoms with Crippen LogP contribution in [0.2, 0.25) is 0 Å². The van der Waals surface area contributed by atoms with Crippen molar-refractivity contribution in [1.29, 1.82) is 0 Å². The van der Waals surface area contributed by atoms with Crippen molar-refractivity contribution in [3.05, 3.63) is 66.7 Å². The summed E-state index contributed by atoms with van der Waals surface area (Å²) >= 11 is 0. The Bertz CT molecular complexity index is 1140. The molecule has 0 radical (unpaired) electrons. The average Bonchev–Trinajstić information content (AvgIpc) is 2.93. The summed E-state index contributed by atoms with van der Waals surface area (Å²) in [6.07, 6.45) is 0. The Balaban J connectivity index is 2.03. The summed E-state index contributed by atoms with van der Waals surface area (Å²) in [7, 11) is -3.72. The van der Waals surface area contributed by atoms with Crippen LogP contribution in [0.5, 0.6) is 0 Å². The van der Waals surface area contributed by atoms with Crippen LogP contribution < -0.4 is 5.14 Å². The lowest BCUT2D eigenvalue weighted by molar-refractivity contribution is 0.598. The summed E-state index contributed by atoms with van der Waals surface area (Å²) in [5.74, 6) is 0. The molecule has 0 atom stereocenters. The Kier molecular flexibility index (Phi) is 3.01. The second-order valence-electron chi connectivity index (χ2n) is 5.47. The fourth-order valence-corrected chi connectivity index (χ4v) is 3.51. The Morgan fingerprint density at radius 2 is 1.57 bits per heavy atom. The number of aromatic amines is 1. The van der Waals surface area contributed by atoms with Crippen LogP contribution in [0, 0.1) is 0 Å². The summed E-state index contributed by atoms with van der Waals surface area (Å²) in [5, 5.41) is 7.50. The molecule has 0 unspecified atom stereocenters. The van der Waals surface area contributed by atoms with Gasteiger partial charge in [0, 0.05) is 21.9 Å². The molecule has 4 nitrogen and oxygen atoms in total. The largest absolute Gasteiger partial charge is 0.354 e. The van der Waals surface area contributed by atoms with Crippen molar-refractivity contribution in [2.45, 2.75) is 4.90 Å². The highest BCUT2D eigenvalue weighted by molar-refractivity contribution is 7.89. The van der Waals surface area contributed by atoms with Gasteiger partial charge in [-0.15, -0.1) is 0 Å². The van der Waals surface area contributed by atoms with E-state index in [1.165, 1.54) is 6.07 Å². The predicted octanol–water partition coefficient (Wildman–Crippen LogP) is 3.64. The number of hydrogen-bond acceptors (Lipinski definition) is 2. The van der Waals surface area contributed by atoms with E-state index in [1.54, 1.807) is 12.1 Å². The molecule has 0 saturated heterocycles. The van der Waals surface area contributed by atoms with Crippen LogP contribution in [-0.4, -0.2) is 13.4 Å². The number of H-pyrrole nitrogens is 1. The molecule has 4 rings (SSSR count). The maximum Gasteiger partial charge on any atom is 0.238 e. The Morgan fingerprint density at radius 1 is 0.826 bits per heavy atom. The van der Waals surface area contributed by atoms with Gasteiger partial charge in [-0.1, -0.05) is 48.5 Å². The molecule has 0 aliphatic carbocycles. The van der Waals surface area contributed by atoms with Crippen LogP contribution in [0.25, 0.3) is 32.9 Å². The van der Waals surface area contributed by atoms with Gasteiger partial charge in [-0.2, -0.15) is 0 Å². The Hall–Kier alpha value is -2.63. The molecule has 0 spiro atoms. The smallest absolute Gasteiger partial charge is 0.238 e. The number of nitrogens with two attached hydrogens (primary N) is 1. The number of rotatable bonds is 2. The summed E-state index contributed by atoms with van der Waals surface area (Å²) in [6, 6.07) is 20.8. The molecular formula is C18H14N2O2S. The van der Waals surface area contributed by atoms with Crippen molar-refractivity contribution < 1.29 is 8.42 Å². The van der Waals surface area contributed by atoms with E-state index >= 15 is 0 Å². The SMILES string of the molecule is NS(=O)(=O)c1cccc(-c2cccc3c2[nH]c2ccccc23)c1. The lowest BCUT2D eigenvalue weighted by Crippen LogP contribution is -2.11. The summed E-state index contributed by atoms with van der Waals surface area (Å²) in [5.41, 5.74) is 3.80. The number of aromatic nitrogens is 1. The molecule has 3 aromatic carbocycles. The van der Waals surface area contributed by atoms with Crippen LogP contribution in [0.1, 0.15) is 0 Å². The number of hydrogen-bond donors (Lipinski definition) is 2. The molecule has 4 aromatic rings. The van der Waals surface area contributed by atoms with E-state index in [-0.39, 0.29) is 4.90 Å². The third kappa shape index (κ3) is 2.30. The maximum absolute atomic E-state index is 11.6. The lowest BCUT2D eigenvalue weighted by Gasteiger charge is -2.06. The van der Waals surface area contributed by atoms with Crippen molar-refractivity contribution in [3.63, 3.8) is 0 Å². The van der Waals surface area contributed by atoms with Gasteiger partial charge in [0.2, 0.25) is 10.0 Å².